The van der Waals surface area contributed by atoms with Gasteiger partial charge in [0.05, 0.1) is 6.61 Å². The molecule has 1 aromatic heterocycles. The molecule has 2 heterocycles. The minimum absolute atomic E-state index is 0.363. The third-order valence-electron chi connectivity index (χ3n) is 3.37. The maximum atomic E-state index is 5.43. The second kappa shape index (κ2) is 5.65. The number of aryl methyl sites for hydroxylation is 1. The summed E-state index contributed by atoms with van der Waals surface area (Å²) in [5.41, 5.74) is 2.33. The molecule has 1 aliphatic rings. The normalized spacial score (nSPS) is 19.5. The van der Waals surface area contributed by atoms with Crippen molar-refractivity contribution in [2.45, 2.75) is 46.0 Å². The fraction of sp³-hybridized carbons (Fsp3) is 0.714. The van der Waals surface area contributed by atoms with Gasteiger partial charge in [0, 0.05) is 30.3 Å². The molecule has 100 valence electrons. The van der Waals surface area contributed by atoms with Crippen molar-refractivity contribution < 1.29 is 4.74 Å². The molecule has 1 aromatic rings. The van der Waals surface area contributed by atoms with Crippen LogP contribution in [-0.2, 0) is 4.74 Å². The minimum atomic E-state index is 0.363. The highest BCUT2D eigenvalue weighted by Crippen LogP contribution is 2.29. The van der Waals surface area contributed by atoms with E-state index in [-0.39, 0.29) is 0 Å². The Labute approximate surface area is 109 Å². The summed E-state index contributed by atoms with van der Waals surface area (Å²) in [6.45, 7) is 11.0. The molecule has 1 saturated heterocycles. The van der Waals surface area contributed by atoms with Gasteiger partial charge in [0.15, 0.2) is 0 Å². The van der Waals surface area contributed by atoms with Crippen molar-refractivity contribution in [3.63, 3.8) is 0 Å². The van der Waals surface area contributed by atoms with E-state index in [1.165, 1.54) is 5.56 Å². The number of hydrogen-bond donors (Lipinski definition) is 1. The first-order chi connectivity index (χ1) is 8.63. The van der Waals surface area contributed by atoms with Gasteiger partial charge in [0.2, 0.25) is 0 Å². The van der Waals surface area contributed by atoms with Gasteiger partial charge in [-0.15, -0.1) is 0 Å². The Morgan fingerprint density at radius 2 is 2.17 bits per heavy atom. The highest BCUT2D eigenvalue weighted by molar-refractivity contribution is 5.48. The van der Waals surface area contributed by atoms with Crippen LogP contribution in [0.5, 0.6) is 0 Å². The third kappa shape index (κ3) is 2.64. The zero-order chi connectivity index (χ0) is 13.1. The average Bonchev–Trinajstić information content (AvgIpc) is 2.81. The molecule has 1 atom stereocenters. The first-order valence-electron chi connectivity index (χ1n) is 6.83. The van der Waals surface area contributed by atoms with E-state index in [1.807, 2.05) is 0 Å². The van der Waals surface area contributed by atoms with Gasteiger partial charge >= 0.3 is 0 Å². The zero-order valence-corrected chi connectivity index (χ0v) is 11.8. The van der Waals surface area contributed by atoms with Crippen molar-refractivity contribution in [2.75, 3.05) is 25.1 Å². The topological polar surface area (TPSA) is 47.0 Å². The van der Waals surface area contributed by atoms with Crippen LogP contribution < -0.4 is 5.32 Å². The molecule has 1 unspecified atom stereocenters. The lowest BCUT2D eigenvalue weighted by atomic mass is 10.0. The van der Waals surface area contributed by atoms with Crippen LogP contribution in [-0.4, -0.2) is 29.7 Å². The number of anilines is 1. The molecular formula is C14H23N3O. The van der Waals surface area contributed by atoms with E-state index in [4.69, 9.17) is 9.72 Å². The molecule has 4 heteroatoms. The molecule has 2 rings (SSSR count). The van der Waals surface area contributed by atoms with Crippen molar-refractivity contribution in [1.82, 2.24) is 9.97 Å². The fourth-order valence-corrected chi connectivity index (χ4v) is 2.52. The highest BCUT2D eigenvalue weighted by atomic mass is 16.5. The first-order valence-corrected chi connectivity index (χ1v) is 6.83. The average molecular weight is 249 g/mol. The molecule has 0 aliphatic carbocycles. The van der Waals surface area contributed by atoms with Gasteiger partial charge < -0.3 is 10.1 Å². The second-order valence-electron chi connectivity index (χ2n) is 5.18. The zero-order valence-electron chi connectivity index (χ0n) is 11.8. The van der Waals surface area contributed by atoms with E-state index >= 15 is 0 Å². The Bertz CT molecular complexity index is 412. The smallest absolute Gasteiger partial charge is 0.136 e. The lowest BCUT2D eigenvalue weighted by molar-refractivity contribution is 0.193. The Kier molecular flexibility index (Phi) is 4.17. The number of aromatic nitrogens is 2. The largest absolute Gasteiger partial charge is 0.381 e. The van der Waals surface area contributed by atoms with Gasteiger partial charge in [0.1, 0.15) is 11.6 Å². The Morgan fingerprint density at radius 1 is 1.39 bits per heavy atom. The molecule has 0 aromatic carbocycles. The van der Waals surface area contributed by atoms with Gasteiger partial charge in [-0.25, -0.2) is 9.97 Å². The Balaban J connectivity index is 2.39. The molecule has 0 saturated carbocycles. The van der Waals surface area contributed by atoms with Crippen LogP contribution >= 0.6 is 0 Å². The predicted octanol–water partition coefficient (Wildman–Crippen LogP) is 2.84. The van der Waals surface area contributed by atoms with E-state index in [2.05, 4.69) is 38.0 Å². The van der Waals surface area contributed by atoms with Crippen LogP contribution in [0.15, 0.2) is 0 Å². The summed E-state index contributed by atoms with van der Waals surface area (Å²) >= 11 is 0. The molecule has 0 bridgehead atoms. The lowest BCUT2D eigenvalue weighted by Crippen LogP contribution is -2.13. The molecule has 0 spiro atoms. The van der Waals surface area contributed by atoms with E-state index < -0.39 is 0 Å². The summed E-state index contributed by atoms with van der Waals surface area (Å²) in [4.78, 5) is 9.41. The Hall–Kier alpha value is -1.16. The SMILES string of the molecule is CCNc1nc(C2CCOC2)nc(C)c1C(C)C. The summed E-state index contributed by atoms with van der Waals surface area (Å²) in [5, 5.41) is 3.37. The van der Waals surface area contributed by atoms with Crippen LogP contribution in [0, 0.1) is 6.92 Å². The molecule has 1 aliphatic heterocycles. The second-order valence-corrected chi connectivity index (χ2v) is 5.18. The third-order valence-corrected chi connectivity index (χ3v) is 3.37. The van der Waals surface area contributed by atoms with E-state index in [0.29, 0.717) is 11.8 Å². The van der Waals surface area contributed by atoms with Gasteiger partial charge in [0.25, 0.3) is 0 Å². The van der Waals surface area contributed by atoms with Crippen LogP contribution in [0.3, 0.4) is 0 Å². The first kappa shape index (κ1) is 13.3. The van der Waals surface area contributed by atoms with E-state index in [1.54, 1.807) is 0 Å². The number of hydrogen-bond acceptors (Lipinski definition) is 4. The standard InChI is InChI=1S/C14H23N3O/c1-5-15-14-12(9(2)3)10(4)16-13(17-14)11-6-7-18-8-11/h9,11H,5-8H2,1-4H3,(H,15,16,17). The summed E-state index contributed by atoms with van der Waals surface area (Å²) in [6.07, 6.45) is 1.03. The fourth-order valence-electron chi connectivity index (χ4n) is 2.52. The van der Waals surface area contributed by atoms with E-state index in [0.717, 1.165) is 43.5 Å². The summed E-state index contributed by atoms with van der Waals surface area (Å²) in [5.74, 6) is 2.74. The molecule has 18 heavy (non-hydrogen) atoms. The molecule has 4 nitrogen and oxygen atoms in total. The minimum Gasteiger partial charge on any atom is -0.381 e. The van der Waals surface area contributed by atoms with Crippen molar-refractivity contribution in [2.24, 2.45) is 0 Å². The summed E-state index contributed by atoms with van der Waals surface area (Å²) in [7, 11) is 0. The highest BCUT2D eigenvalue weighted by Gasteiger charge is 2.23. The lowest BCUT2D eigenvalue weighted by Gasteiger charge is -2.18. The Morgan fingerprint density at radius 3 is 2.72 bits per heavy atom. The molecule has 1 fully saturated rings. The quantitative estimate of drug-likeness (QED) is 0.891. The van der Waals surface area contributed by atoms with E-state index in [9.17, 15) is 0 Å². The van der Waals surface area contributed by atoms with Gasteiger partial charge in [-0.1, -0.05) is 13.8 Å². The number of nitrogens with zero attached hydrogens (tertiary/aromatic N) is 2. The van der Waals surface area contributed by atoms with Crippen molar-refractivity contribution in [3.8, 4) is 0 Å². The molecule has 1 N–H and O–H groups in total. The van der Waals surface area contributed by atoms with Crippen molar-refractivity contribution >= 4 is 5.82 Å². The maximum Gasteiger partial charge on any atom is 0.136 e. The maximum absolute atomic E-state index is 5.43. The van der Waals surface area contributed by atoms with Gasteiger partial charge in [-0.3, -0.25) is 0 Å². The number of rotatable bonds is 4. The van der Waals surface area contributed by atoms with Crippen LogP contribution in [0.2, 0.25) is 0 Å². The predicted molar refractivity (Wildman–Crippen MR) is 73.2 cm³/mol. The monoisotopic (exact) mass is 249 g/mol. The molecule has 0 amide bonds. The number of nitrogens with one attached hydrogen (secondary N) is 1. The van der Waals surface area contributed by atoms with Crippen LogP contribution in [0.1, 0.15) is 56.1 Å². The molecule has 0 radical (unpaired) electrons. The molecular weight excluding hydrogens is 226 g/mol. The number of ether oxygens (including phenoxy) is 1. The van der Waals surface area contributed by atoms with Gasteiger partial charge in [-0.2, -0.15) is 0 Å². The van der Waals surface area contributed by atoms with Crippen molar-refractivity contribution in [1.29, 1.82) is 0 Å². The van der Waals surface area contributed by atoms with Crippen LogP contribution in [0.25, 0.3) is 0 Å². The van der Waals surface area contributed by atoms with Gasteiger partial charge in [-0.05, 0) is 26.2 Å². The van der Waals surface area contributed by atoms with Crippen molar-refractivity contribution in [3.05, 3.63) is 17.1 Å². The summed E-state index contributed by atoms with van der Waals surface area (Å²) in [6, 6.07) is 0. The summed E-state index contributed by atoms with van der Waals surface area (Å²) < 4.78 is 5.43. The van der Waals surface area contributed by atoms with Crippen LogP contribution in [0.4, 0.5) is 5.82 Å².